The summed E-state index contributed by atoms with van der Waals surface area (Å²) in [5.41, 5.74) is 4.95. The van der Waals surface area contributed by atoms with E-state index < -0.39 is 5.54 Å². The van der Waals surface area contributed by atoms with Crippen LogP contribution in [0.5, 0.6) is 0 Å². The molecule has 2 N–H and O–H groups in total. The number of nitrogens with two attached hydrogens (primary N) is 1. The Morgan fingerprint density at radius 1 is 1.05 bits per heavy atom. The number of hydrogen-bond donors (Lipinski definition) is 1. The highest BCUT2D eigenvalue weighted by Crippen LogP contribution is 2.12. The predicted octanol–water partition coefficient (Wildman–Crippen LogP) is 1.88. The third kappa shape index (κ3) is 9.87. The van der Waals surface area contributed by atoms with Crippen molar-refractivity contribution < 1.29 is 19.0 Å². The van der Waals surface area contributed by atoms with E-state index in [2.05, 4.69) is 11.7 Å². The van der Waals surface area contributed by atoms with Gasteiger partial charge < -0.3 is 19.9 Å². The molecule has 5 heteroatoms. The Balaban J connectivity index is 3.33. The van der Waals surface area contributed by atoms with Crippen LogP contribution in [0.1, 0.15) is 46.0 Å². The molecule has 0 aliphatic heterocycles. The summed E-state index contributed by atoms with van der Waals surface area (Å²) >= 11 is 0. The van der Waals surface area contributed by atoms with Gasteiger partial charge in [-0.1, -0.05) is 13.3 Å². The minimum atomic E-state index is -0.891. The molecule has 0 aliphatic carbocycles. The fourth-order valence-corrected chi connectivity index (χ4v) is 1.60. The molecule has 0 bridgehead atoms. The monoisotopic (exact) mass is 275 g/mol. The standard InChI is InChI=1S/C14H29NO4/c1-4-5-9-18-11-12-19-10-7-6-8-14(2,15)13(16)17-3/h4-12,15H2,1-3H3. The Hall–Kier alpha value is -0.650. The summed E-state index contributed by atoms with van der Waals surface area (Å²) in [4.78, 5) is 11.3. The average molecular weight is 275 g/mol. The van der Waals surface area contributed by atoms with Gasteiger partial charge in [-0.3, -0.25) is 4.79 Å². The third-order valence-corrected chi connectivity index (χ3v) is 2.90. The molecular formula is C14H29NO4. The maximum Gasteiger partial charge on any atom is 0.325 e. The molecule has 0 saturated heterocycles. The van der Waals surface area contributed by atoms with Crippen LogP contribution in [-0.2, 0) is 19.0 Å². The normalized spacial score (nSPS) is 14.1. The minimum Gasteiger partial charge on any atom is -0.468 e. The number of methoxy groups -OCH3 is 1. The molecule has 19 heavy (non-hydrogen) atoms. The van der Waals surface area contributed by atoms with Gasteiger partial charge in [0.05, 0.1) is 20.3 Å². The predicted molar refractivity (Wildman–Crippen MR) is 75.0 cm³/mol. The Bertz CT molecular complexity index is 231. The molecule has 0 aromatic rings. The van der Waals surface area contributed by atoms with Crippen LogP contribution in [0.3, 0.4) is 0 Å². The fourth-order valence-electron chi connectivity index (χ4n) is 1.60. The van der Waals surface area contributed by atoms with E-state index in [9.17, 15) is 4.79 Å². The summed E-state index contributed by atoms with van der Waals surface area (Å²) in [6.07, 6.45) is 4.59. The highest BCUT2D eigenvalue weighted by atomic mass is 16.5. The molecule has 0 aromatic heterocycles. The minimum absolute atomic E-state index is 0.363. The Morgan fingerprint density at radius 2 is 1.63 bits per heavy atom. The van der Waals surface area contributed by atoms with Gasteiger partial charge in [0.25, 0.3) is 0 Å². The van der Waals surface area contributed by atoms with E-state index in [0.29, 0.717) is 26.2 Å². The number of ether oxygens (including phenoxy) is 3. The highest BCUT2D eigenvalue weighted by Gasteiger charge is 2.28. The van der Waals surface area contributed by atoms with Gasteiger partial charge >= 0.3 is 5.97 Å². The maximum atomic E-state index is 11.3. The molecule has 0 amide bonds. The summed E-state index contributed by atoms with van der Waals surface area (Å²) in [7, 11) is 1.36. The molecule has 0 spiro atoms. The average Bonchev–Trinajstić information content (AvgIpc) is 2.39. The van der Waals surface area contributed by atoms with Crippen LogP contribution in [0, 0.1) is 0 Å². The van der Waals surface area contributed by atoms with Gasteiger partial charge in [0, 0.05) is 13.2 Å². The second-order valence-electron chi connectivity index (χ2n) is 4.94. The smallest absolute Gasteiger partial charge is 0.325 e. The van der Waals surface area contributed by atoms with Crippen molar-refractivity contribution in [2.24, 2.45) is 5.73 Å². The van der Waals surface area contributed by atoms with Crippen LogP contribution in [-0.4, -0.2) is 45.0 Å². The zero-order chi connectivity index (χ0) is 14.6. The Labute approximate surface area is 116 Å². The van der Waals surface area contributed by atoms with Gasteiger partial charge in [-0.25, -0.2) is 0 Å². The van der Waals surface area contributed by atoms with Crippen molar-refractivity contribution in [1.82, 2.24) is 0 Å². The second-order valence-corrected chi connectivity index (χ2v) is 4.94. The lowest BCUT2D eigenvalue weighted by atomic mass is 9.96. The molecule has 0 aromatic carbocycles. The lowest BCUT2D eigenvalue weighted by Gasteiger charge is -2.20. The molecule has 0 fully saturated rings. The van der Waals surface area contributed by atoms with Crippen LogP contribution in [0.2, 0.25) is 0 Å². The molecule has 114 valence electrons. The summed E-state index contributed by atoms with van der Waals surface area (Å²) in [5, 5.41) is 0. The van der Waals surface area contributed by atoms with Gasteiger partial charge in [0.2, 0.25) is 0 Å². The van der Waals surface area contributed by atoms with Crippen LogP contribution in [0.4, 0.5) is 0 Å². The number of hydrogen-bond acceptors (Lipinski definition) is 5. The molecule has 5 nitrogen and oxygen atoms in total. The number of esters is 1. The van der Waals surface area contributed by atoms with Gasteiger partial charge in [0.15, 0.2) is 0 Å². The fraction of sp³-hybridized carbons (Fsp3) is 0.929. The van der Waals surface area contributed by atoms with Gasteiger partial charge in [-0.05, 0) is 32.6 Å². The van der Waals surface area contributed by atoms with Crippen molar-refractivity contribution >= 4 is 5.97 Å². The van der Waals surface area contributed by atoms with E-state index in [1.807, 2.05) is 0 Å². The van der Waals surface area contributed by atoms with Crippen molar-refractivity contribution in [3.63, 3.8) is 0 Å². The first-order valence-electron chi connectivity index (χ1n) is 7.07. The molecule has 0 radical (unpaired) electrons. The van der Waals surface area contributed by atoms with Crippen LogP contribution in [0.25, 0.3) is 0 Å². The molecule has 0 saturated carbocycles. The van der Waals surface area contributed by atoms with Crippen LogP contribution in [0.15, 0.2) is 0 Å². The van der Waals surface area contributed by atoms with Crippen LogP contribution < -0.4 is 5.73 Å². The van der Waals surface area contributed by atoms with Gasteiger partial charge in [0.1, 0.15) is 5.54 Å². The topological polar surface area (TPSA) is 70.8 Å². The highest BCUT2D eigenvalue weighted by molar-refractivity contribution is 5.79. The molecular weight excluding hydrogens is 246 g/mol. The van der Waals surface area contributed by atoms with Crippen molar-refractivity contribution in [3.05, 3.63) is 0 Å². The van der Waals surface area contributed by atoms with E-state index in [-0.39, 0.29) is 5.97 Å². The Morgan fingerprint density at radius 3 is 2.16 bits per heavy atom. The van der Waals surface area contributed by atoms with Crippen molar-refractivity contribution in [2.45, 2.75) is 51.5 Å². The van der Waals surface area contributed by atoms with Crippen LogP contribution >= 0.6 is 0 Å². The first-order valence-corrected chi connectivity index (χ1v) is 7.07. The molecule has 0 aliphatic rings. The lowest BCUT2D eigenvalue weighted by molar-refractivity contribution is -0.146. The molecule has 0 rings (SSSR count). The molecule has 1 atom stereocenters. The zero-order valence-electron chi connectivity index (χ0n) is 12.6. The molecule has 0 heterocycles. The number of rotatable bonds is 12. The number of carbonyl (C=O) groups is 1. The maximum absolute atomic E-state index is 11.3. The van der Waals surface area contributed by atoms with E-state index >= 15 is 0 Å². The number of carbonyl (C=O) groups excluding carboxylic acids is 1. The second kappa shape index (κ2) is 11.2. The van der Waals surface area contributed by atoms with Crippen molar-refractivity contribution in [2.75, 3.05) is 33.5 Å². The van der Waals surface area contributed by atoms with Gasteiger partial charge in [-0.2, -0.15) is 0 Å². The van der Waals surface area contributed by atoms with Crippen molar-refractivity contribution in [1.29, 1.82) is 0 Å². The Kier molecular flexibility index (Phi) is 10.8. The third-order valence-electron chi connectivity index (χ3n) is 2.90. The first kappa shape index (κ1) is 18.4. The SMILES string of the molecule is CCCCOCCOCCCCC(C)(N)C(=O)OC. The summed E-state index contributed by atoms with van der Waals surface area (Å²) in [6, 6.07) is 0. The van der Waals surface area contributed by atoms with E-state index in [1.54, 1.807) is 6.92 Å². The largest absolute Gasteiger partial charge is 0.468 e. The van der Waals surface area contributed by atoms with E-state index in [4.69, 9.17) is 15.2 Å². The van der Waals surface area contributed by atoms with Crippen molar-refractivity contribution in [3.8, 4) is 0 Å². The number of unbranched alkanes of at least 4 members (excludes halogenated alkanes) is 2. The molecule has 1 unspecified atom stereocenters. The summed E-state index contributed by atoms with van der Waals surface area (Å²) in [6.45, 7) is 6.59. The quantitative estimate of drug-likeness (QED) is 0.435. The lowest BCUT2D eigenvalue weighted by Crippen LogP contribution is -2.45. The summed E-state index contributed by atoms with van der Waals surface area (Å²) < 4.78 is 15.5. The summed E-state index contributed by atoms with van der Waals surface area (Å²) in [5.74, 6) is -0.363. The van der Waals surface area contributed by atoms with E-state index in [1.165, 1.54) is 7.11 Å². The van der Waals surface area contributed by atoms with Gasteiger partial charge in [-0.15, -0.1) is 0 Å². The first-order chi connectivity index (χ1) is 9.04. The van der Waals surface area contributed by atoms with E-state index in [0.717, 1.165) is 32.3 Å². The zero-order valence-corrected chi connectivity index (χ0v) is 12.6.